The first-order valence-electron chi connectivity index (χ1n) is 6.25. The number of nitrogens with one attached hydrogen (secondary N) is 1. The SMILES string of the molecule is COc1cccc(C(=O)Nc2ccnn2C(C)C)c1O. The zero-order valence-corrected chi connectivity index (χ0v) is 11.6. The maximum absolute atomic E-state index is 12.2. The van der Waals surface area contributed by atoms with E-state index in [4.69, 9.17) is 4.74 Å². The standard InChI is InChI=1S/C14H17N3O3/c1-9(2)17-12(7-8-15-17)16-14(19)10-5-4-6-11(20-3)13(10)18/h4-9,18H,1-3H3,(H,16,19). The maximum Gasteiger partial charge on any atom is 0.260 e. The van der Waals surface area contributed by atoms with E-state index in [1.165, 1.54) is 13.2 Å². The van der Waals surface area contributed by atoms with Crippen molar-refractivity contribution in [2.45, 2.75) is 19.9 Å². The smallest absolute Gasteiger partial charge is 0.260 e. The molecule has 0 saturated carbocycles. The van der Waals surface area contributed by atoms with E-state index in [1.807, 2.05) is 13.8 Å². The van der Waals surface area contributed by atoms with Crippen molar-refractivity contribution in [2.24, 2.45) is 0 Å². The molecule has 0 aliphatic heterocycles. The molecular formula is C14H17N3O3. The van der Waals surface area contributed by atoms with Crippen LogP contribution in [-0.4, -0.2) is 27.9 Å². The van der Waals surface area contributed by atoms with E-state index in [1.54, 1.807) is 29.1 Å². The number of phenols is 1. The fourth-order valence-corrected chi connectivity index (χ4v) is 1.88. The van der Waals surface area contributed by atoms with Gasteiger partial charge in [-0.25, -0.2) is 4.68 Å². The molecule has 2 rings (SSSR count). The van der Waals surface area contributed by atoms with Gasteiger partial charge in [-0.05, 0) is 26.0 Å². The Labute approximate surface area is 117 Å². The monoisotopic (exact) mass is 275 g/mol. The lowest BCUT2D eigenvalue weighted by Gasteiger charge is -2.13. The molecule has 1 heterocycles. The van der Waals surface area contributed by atoms with Gasteiger partial charge >= 0.3 is 0 Å². The van der Waals surface area contributed by atoms with Crippen molar-refractivity contribution in [3.8, 4) is 11.5 Å². The van der Waals surface area contributed by atoms with Crippen LogP contribution in [0.1, 0.15) is 30.2 Å². The van der Waals surface area contributed by atoms with Gasteiger partial charge in [0.25, 0.3) is 5.91 Å². The van der Waals surface area contributed by atoms with Crippen molar-refractivity contribution < 1.29 is 14.6 Å². The van der Waals surface area contributed by atoms with Crippen molar-refractivity contribution in [2.75, 3.05) is 12.4 Å². The average Bonchev–Trinajstić information content (AvgIpc) is 2.87. The summed E-state index contributed by atoms with van der Waals surface area (Å²) in [5.74, 6) is 0.245. The van der Waals surface area contributed by atoms with Gasteiger partial charge in [0.1, 0.15) is 5.82 Å². The summed E-state index contributed by atoms with van der Waals surface area (Å²) >= 11 is 0. The number of para-hydroxylation sites is 1. The number of aromatic nitrogens is 2. The van der Waals surface area contributed by atoms with Crippen molar-refractivity contribution in [1.29, 1.82) is 0 Å². The lowest BCUT2D eigenvalue weighted by Crippen LogP contribution is -2.17. The van der Waals surface area contributed by atoms with Crippen LogP contribution in [0.25, 0.3) is 0 Å². The minimum absolute atomic E-state index is 0.124. The number of ether oxygens (including phenoxy) is 1. The number of methoxy groups -OCH3 is 1. The summed E-state index contributed by atoms with van der Waals surface area (Å²) < 4.78 is 6.68. The molecule has 0 bridgehead atoms. The molecule has 6 heteroatoms. The van der Waals surface area contributed by atoms with E-state index in [0.717, 1.165) is 0 Å². The highest BCUT2D eigenvalue weighted by Crippen LogP contribution is 2.29. The molecule has 0 saturated heterocycles. The predicted molar refractivity (Wildman–Crippen MR) is 75.2 cm³/mol. The minimum atomic E-state index is -0.413. The van der Waals surface area contributed by atoms with Crippen LogP contribution >= 0.6 is 0 Å². The molecule has 20 heavy (non-hydrogen) atoms. The van der Waals surface area contributed by atoms with Gasteiger partial charge in [0, 0.05) is 12.1 Å². The first-order chi connectivity index (χ1) is 9.54. The Kier molecular flexibility index (Phi) is 3.93. The molecule has 0 unspecified atom stereocenters. The first-order valence-corrected chi connectivity index (χ1v) is 6.25. The van der Waals surface area contributed by atoms with Crippen LogP contribution in [0.4, 0.5) is 5.82 Å². The molecule has 1 aromatic carbocycles. The molecular weight excluding hydrogens is 258 g/mol. The number of hydrogen-bond acceptors (Lipinski definition) is 4. The molecule has 0 spiro atoms. The zero-order chi connectivity index (χ0) is 14.7. The zero-order valence-electron chi connectivity index (χ0n) is 11.6. The second-order valence-corrected chi connectivity index (χ2v) is 4.57. The summed E-state index contributed by atoms with van der Waals surface area (Å²) in [6.45, 7) is 3.93. The van der Waals surface area contributed by atoms with Crippen LogP contribution in [0.5, 0.6) is 11.5 Å². The molecule has 2 N–H and O–H groups in total. The van der Waals surface area contributed by atoms with Crippen LogP contribution in [0.3, 0.4) is 0 Å². The van der Waals surface area contributed by atoms with Gasteiger partial charge in [0.15, 0.2) is 11.5 Å². The Morgan fingerprint density at radius 2 is 2.15 bits per heavy atom. The first kappa shape index (κ1) is 13.9. The largest absolute Gasteiger partial charge is 0.504 e. The molecule has 2 aromatic rings. The number of nitrogens with zero attached hydrogens (tertiary/aromatic N) is 2. The molecule has 0 atom stereocenters. The summed E-state index contributed by atoms with van der Waals surface area (Å²) in [5, 5.41) is 16.8. The second-order valence-electron chi connectivity index (χ2n) is 4.57. The second kappa shape index (κ2) is 5.64. The number of hydrogen-bond donors (Lipinski definition) is 2. The summed E-state index contributed by atoms with van der Waals surface area (Å²) in [6, 6.07) is 6.59. The van der Waals surface area contributed by atoms with Crippen LogP contribution in [-0.2, 0) is 0 Å². The number of benzene rings is 1. The molecule has 0 aliphatic rings. The van der Waals surface area contributed by atoms with Crippen molar-refractivity contribution in [3.63, 3.8) is 0 Å². The Bertz CT molecular complexity index is 620. The Balaban J connectivity index is 2.27. The summed E-state index contributed by atoms with van der Waals surface area (Å²) in [4.78, 5) is 12.2. The van der Waals surface area contributed by atoms with Gasteiger partial charge in [-0.2, -0.15) is 5.10 Å². The third kappa shape index (κ3) is 2.59. The van der Waals surface area contributed by atoms with E-state index in [9.17, 15) is 9.90 Å². The molecule has 1 aromatic heterocycles. The fraction of sp³-hybridized carbons (Fsp3) is 0.286. The third-order valence-electron chi connectivity index (χ3n) is 2.86. The van der Waals surface area contributed by atoms with Crippen molar-refractivity contribution in [1.82, 2.24) is 9.78 Å². The van der Waals surface area contributed by atoms with Gasteiger partial charge in [0.05, 0.1) is 18.9 Å². The number of phenolic OH excluding ortho intramolecular Hbond substituents is 1. The predicted octanol–water partition coefficient (Wildman–Crippen LogP) is 2.43. The Morgan fingerprint density at radius 3 is 2.80 bits per heavy atom. The van der Waals surface area contributed by atoms with Crippen molar-refractivity contribution >= 4 is 11.7 Å². The van der Waals surface area contributed by atoms with E-state index < -0.39 is 5.91 Å². The lowest BCUT2D eigenvalue weighted by molar-refractivity contribution is 0.102. The summed E-state index contributed by atoms with van der Waals surface area (Å²) in [7, 11) is 1.44. The number of carbonyl (C=O) groups excluding carboxylic acids is 1. The van der Waals surface area contributed by atoms with Gasteiger partial charge in [-0.1, -0.05) is 6.07 Å². The van der Waals surface area contributed by atoms with Gasteiger partial charge in [-0.3, -0.25) is 4.79 Å². The molecule has 0 radical (unpaired) electrons. The Hall–Kier alpha value is -2.50. The molecule has 0 fully saturated rings. The molecule has 0 aliphatic carbocycles. The van der Waals surface area contributed by atoms with E-state index in [2.05, 4.69) is 10.4 Å². The maximum atomic E-state index is 12.2. The van der Waals surface area contributed by atoms with Crippen LogP contribution < -0.4 is 10.1 Å². The quantitative estimate of drug-likeness (QED) is 0.898. The van der Waals surface area contributed by atoms with Crippen LogP contribution in [0.2, 0.25) is 0 Å². The lowest BCUT2D eigenvalue weighted by atomic mass is 10.1. The normalized spacial score (nSPS) is 10.6. The fourth-order valence-electron chi connectivity index (χ4n) is 1.88. The summed E-state index contributed by atoms with van der Waals surface area (Å²) in [5.41, 5.74) is 0.154. The highest BCUT2D eigenvalue weighted by Gasteiger charge is 2.16. The third-order valence-corrected chi connectivity index (χ3v) is 2.86. The van der Waals surface area contributed by atoms with Crippen molar-refractivity contribution in [3.05, 3.63) is 36.0 Å². The molecule has 1 amide bonds. The number of aromatic hydroxyl groups is 1. The van der Waals surface area contributed by atoms with E-state index in [0.29, 0.717) is 5.82 Å². The highest BCUT2D eigenvalue weighted by molar-refractivity contribution is 6.06. The summed E-state index contributed by atoms with van der Waals surface area (Å²) in [6.07, 6.45) is 1.61. The molecule has 6 nitrogen and oxygen atoms in total. The van der Waals surface area contributed by atoms with E-state index >= 15 is 0 Å². The highest BCUT2D eigenvalue weighted by atomic mass is 16.5. The molecule has 106 valence electrons. The number of anilines is 1. The minimum Gasteiger partial charge on any atom is -0.504 e. The van der Waals surface area contributed by atoms with E-state index in [-0.39, 0.29) is 23.1 Å². The van der Waals surface area contributed by atoms with Gasteiger partial charge in [0.2, 0.25) is 0 Å². The number of amides is 1. The topological polar surface area (TPSA) is 76.4 Å². The average molecular weight is 275 g/mol. The number of carbonyl (C=O) groups is 1. The van der Waals surface area contributed by atoms with Crippen LogP contribution in [0, 0.1) is 0 Å². The van der Waals surface area contributed by atoms with Crippen LogP contribution in [0.15, 0.2) is 30.5 Å². The Morgan fingerprint density at radius 1 is 1.40 bits per heavy atom. The number of rotatable bonds is 4. The van der Waals surface area contributed by atoms with Gasteiger partial charge < -0.3 is 15.2 Å². The van der Waals surface area contributed by atoms with Gasteiger partial charge in [-0.15, -0.1) is 0 Å².